The number of aliphatic hydroxyl groups is 1. The Morgan fingerprint density at radius 3 is 2.24 bits per heavy atom. The summed E-state index contributed by atoms with van der Waals surface area (Å²) in [6.07, 6.45) is 3.26. The molecule has 1 aliphatic rings. The predicted octanol–water partition coefficient (Wildman–Crippen LogP) is 8.58. The molecule has 4 aromatic rings. The van der Waals surface area contributed by atoms with Crippen LogP contribution in [-0.2, 0) is 30.3 Å². The molecule has 5 rings (SSSR count). The molecule has 1 aliphatic carbocycles. The van der Waals surface area contributed by atoms with Gasteiger partial charge in [-0.1, -0.05) is 85.7 Å². The number of aromatic nitrogens is 1. The van der Waals surface area contributed by atoms with Gasteiger partial charge in [0.15, 0.2) is 5.78 Å². The number of hydrogen-bond donors (Lipinski definition) is 1. The third-order valence-electron chi connectivity index (χ3n) is 6.99. The second-order valence-corrected chi connectivity index (χ2v) is 12.2. The van der Waals surface area contributed by atoms with Crippen molar-refractivity contribution in [2.45, 2.75) is 60.8 Å². The molecule has 3 nitrogen and oxygen atoms in total. The van der Waals surface area contributed by atoms with Gasteiger partial charge in [-0.3, -0.25) is 4.79 Å². The van der Waals surface area contributed by atoms with Crippen molar-refractivity contribution in [3.8, 4) is 11.3 Å². The van der Waals surface area contributed by atoms with Gasteiger partial charge in [0.05, 0.1) is 0 Å². The maximum absolute atomic E-state index is 11.5. The first-order valence-corrected chi connectivity index (χ1v) is 12.5. The quantitative estimate of drug-likeness (QED) is 0.0956. The zero-order chi connectivity index (χ0) is 26.5. The fourth-order valence-electron chi connectivity index (χ4n) is 4.59. The maximum Gasteiger partial charge on any atom is 0.164 e. The molecule has 195 valence electrons. The van der Waals surface area contributed by atoms with Gasteiger partial charge in [-0.2, -0.15) is 0 Å². The summed E-state index contributed by atoms with van der Waals surface area (Å²) in [5, 5.41) is 14.7. The zero-order valence-electron chi connectivity index (χ0n) is 23.0. The molecule has 0 saturated carbocycles. The number of hydrogen-bond acceptors (Lipinski definition) is 3. The molecule has 0 aliphatic heterocycles. The Morgan fingerprint density at radius 2 is 1.59 bits per heavy atom. The number of fused-ring (bicyclic) bond motifs is 4. The summed E-state index contributed by atoms with van der Waals surface area (Å²) in [6.45, 7) is 15.7. The van der Waals surface area contributed by atoms with Crippen molar-refractivity contribution < 1.29 is 30.0 Å². The van der Waals surface area contributed by atoms with Crippen molar-refractivity contribution in [2.75, 3.05) is 0 Å². The molecule has 1 aromatic heterocycles. The van der Waals surface area contributed by atoms with Gasteiger partial charge in [0.1, 0.15) is 5.76 Å². The molecule has 0 spiro atoms. The van der Waals surface area contributed by atoms with Crippen LogP contribution in [0.2, 0.25) is 0 Å². The van der Waals surface area contributed by atoms with Crippen LogP contribution in [-0.4, -0.2) is 15.9 Å². The fraction of sp³-hybridized carbons (Fsp3) is 0.333. The second kappa shape index (κ2) is 10.2. The summed E-state index contributed by atoms with van der Waals surface area (Å²) in [4.78, 5) is 16.2. The largest absolute Gasteiger partial charge is 0.512 e. The Labute approximate surface area is 234 Å². The molecular formula is C33H36IrNO2-. The fourth-order valence-corrected chi connectivity index (χ4v) is 4.59. The Morgan fingerprint density at radius 1 is 0.919 bits per heavy atom. The number of benzene rings is 3. The summed E-state index contributed by atoms with van der Waals surface area (Å²) >= 11 is 0. The Kier molecular flexibility index (Phi) is 7.89. The van der Waals surface area contributed by atoms with Gasteiger partial charge in [0.25, 0.3) is 0 Å². The first kappa shape index (κ1) is 28.8. The number of carbonyl (C=O) groups excluding carboxylic acids is 1. The Bertz CT molecular complexity index is 1500. The van der Waals surface area contributed by atoms with Crippen molar-refractivity contribution >= 4 is 27.3 Å². The van der Waals surface area contributed by atoms with E-state index in [-0.39, 0.29) is 42.5 Å². The minimum absolute atomic E-state index is 0. The standard InChI is InChI=1S/C22H16N.C11H20O2.Ir/c1-22(2)18-10-6-5-9-17(18)21-20-16(11-12-23-21)15-8-4-3-7-14(15)13-19(20)22;1-10(2,3)8(12)7-9(13)11(4,5)6;/h3-8,10-13H,1-2H3;7,12H,1-6H3;/q-1;;/b;8-7-;. The van der Waals surface area contributed by atoms with E-state index in [4.69, 9.17) is 4.98 Å². The summed E-state index contributed by atoms with van der Waals surface area (Å²) in [5.41, 5.74) is 4.07. The number of carbonyl (C=O) groups is 1. The molecule has 3 aromatic carbocycles. The van der Waals surface area contributed by atoms with Gasteiger partial charge >= 0.3 is 0 Å². The zero-order valence-corrected chi connectivity index (χ0v) is 25.4. The van der Waals surface area contributed by atoms with E-state index in [1.54, 1.807) is 0 Å². The number of nitrogens with zero attached hydrogens (tertiary/aromatic N) is 1. The summed E-state index contributed by atoms with van der Waals surface area (Å²) in [6, 6.07) is 22.8. The second-order valence-electron chi connectivity index (χ2n) is 12.2. The molecule has 0 atom stereocenters. The summed E-state index contributed by atoms with van der Waals surface area (Å²) in [5.74, 6) is 0.104. The van der Waals surface area contributed by atoms with E-state index in [0.29, 0.717) is 0 Å². The van der Waals surface area contributed by atoms with E-state index in [0.717, 1.165) is 11.3 Å². The molecule has 37 heavy (non-hydrogen) atoms. The Hall–Kier alpha value is -2.81. The molecular weight excluding hydrogens is 635 g/mol. The molecule has 0 bridgehead atoms. The van der Waals surface area contributed by atoms with Crippen LogP contribution in [0.4, 0.5) is 0 Å². The van der Waals surface area contributed by atoms with Gasteiger partial charge in [-0.15, -0.1) is 35.4 Å². The summed E-state index contributed by atoms with van der Waals surface area (Å²) in [7, 11) is 0. The smallest absolute Gasteiger partial charge is 0.164 e. The van der Waals surface area contributed by atoms with E-state index < -0.39 is 5.41 Å². The van der Waals surface area contributed by atoms with Crippen molar-refractivity contribution in [3.63, 3.8) is 0 Å². The van der Waals surface area contributed by atoms with Crippen LogP contribution >= 0.6 is 0 Å². The van der Waals surface area contributed by atoms with Crippen LogP contribution < -0.4 is 0 Å². The van der Waals surface area contributed by atoms with E-state index in [1.807, 2.05) is 53.8 Å². The van der Waals surface area contributed by atoms with Gasteiger partial charge in [0.2, 0.25) is 0 Å². The minimum Gasteiger partial charge on any atom is -0.512 e. The van der Waals surface area contributed by atoms with Crippen molar-refractivity contribution in [1.82, 2.24) is 4.98 Å². The molecule has 0 unspecified atom stereocenters. The average Bonchev–Trinajstić information content (AvgIpc) is 2.81. The van der Waals surface area contributed by atoms with Crippen molar-refractivity contribution in [3.05, 3.63) is 89.8 Å². The number of ketones is 1. The molecule has 0 fully saturated rings. The number of aliphatic hydroxyl groups excluding tert-OH is 1. The number of pyridine rings is 1. The predicted molar refractivity (Wildman–Crippen MR) is 150 cm³/mol. The SMILES string of the molecule is CC(C)(C)C(=O)/C=C(\O)C(C)(C)C.CC1(C)c2ccc[c-]c2-c2nccc3c2c1cc1ccccc13.[Ir]. The molecule has 1 radical (unpaired) electrons. The van der Waals surface area contributed by atoms with Crippen LogP contribution in [0, 0.1) is 16.9 Å². The van der Waals surface area contributed by atoms with Gasteiger partial charge < -0.3 is 10.1 Å². The molecule has 4 heteroatoms. The molecule has 1 N–H and O–H groups in total. The first-order chi connectivity index (χ1) is 16.7. The third-order valence-corrected chi connectivity index (χ3v) is 6.99. The van der Waals surface area contributed by atoms with Crippen molar-refractivity contribution in [2.24, 2.45) is 10.8 Å². The molecule has 0 amide bonds. The monoisotopic (exact) mass is 671 g/mol. The third kappa shape index (κ3) is 5.42. The van der Waals surface area contributed by atoms with Crippen molar-refractivity contribution in [1.29, 1.82) is 0 Å². The first-order valence-electron chi connectivity index (χ1n) is 12.5. The average molecular weight is 671 g/mol. The van der Waals surface area contributed by atoms with Gasteiger partial charge in [-0.05, 0) is 44.3 Å². The van der Waals surface area contributed by atoms with Crippen LogP contribution in [0.5, 0.6) is 0 Å². The van der Waals surface area contributed by atoms with Crippen LogP contribution in [0.3, 0.4) is 0 Å². The maximum atomic E-state index is 11.5. The van der Waals surface area contributed by atoms with E-state index >= 15 is 0 Å². The summed E-state index contributed by atoms with van der Waals surface area (Å²) < 4.78 is 0. The van der Waals surface area contributed by atoms with E-state index in [9.17, 15) is 9.90 Å². The topological polar surface area (TPSA) is 50.2 Å². The van der Waals surface area contributed by atoms with Crippen LogP contribution in [0.25, 0.3) is 32.8 Å². The minimum atomic E-state index is -0.417. The normalized spacial score (nSPS) is 14.3. The number of rotatable bonds is 1. The Balaban J connectivity index is 0.000000237. The van der Waals surface area contributed by atoms with Gasteiger partial charge in [0, 0.05) is 43.2 Å². The molecule has 1 heterocycles. The van der Waals surface area contributed by atoms with E-state index in [1.165, 1.54) is 38.7 Å². The number of allylic oxidation sites excluding steroid dienone is 2. The van der Waals surface area contributed by atoms with Gasteiger partial charge in [-0.25, -0.2) is 0 Å². The van der Waals surface area contributed by atoms with E-state index in [2.05, 4.69) is 68.4 Å². The van der Waals surface area contributed by atoms with Crippen LogP contribution in [0.1, 0.15) is 66.5 Å². The molecule has 0 saturated heterocycles. The van der Waals surface area contributed by atoms with Crippen LogP contribution in [0.15, 0.2) is 72.6 Å².